The predicted molar refractivity (Wildman–Crippen MR) is 119 cm³/mol. The van der Waals surface area contributed by atoms with Crippen LogP contribution in [0.1, 0.15) is 43.9 Å². The number of hydrogen-bond acceptors (Lipinski definition) is 4. The van der Waals surface area contributed by atoms with Crippen molar-refractivity contribution in [3.05, 3.63) is 65.6 Å². The molecule has 1 aromatic heterocycles. The summed E-state index contributed by atoms with van der Waals surface area (Å²) in [6, 6.07) is 12.4. The Bertz CT molecular complexity index is 1170. The number of rotatable bonds is 6. The maximum Gasteiger partial charge on any atom is 0.342 e. The lowest BCUT2D eigenvalue weighted by molar-refractivity contribution is -0.118. The first-order valence-electron chi connectivity index (χ1n) is 10.6. The average molecular weight is 436 g/mol. The van der Waals surface area contributed by atoms with Gasteiger partial charge in [0.2, 0.25) is 5.91 Å². The van der Waals surface area contributed by atoms with Crippen molar-refractivity contribution in [2.45, 2.75) is 39.2 Å². The molecule has 0 radical (unpaired) electrons. The molecule has 2 amide bonds. The minimum atomic E-state index is -0.457. The Morgan fingerprint density at radius 1 is 1.19 bits per heavy atom. The quantitative estimate of drug-likeness (QED) is 0.525. The van der Waals surface area contributed by atoms with Crippen LogP contribution in [-0.2, 0) is 11.3 Å². The number of amides is 2. The lowest BCUT2D eigenvalue weighted by Gasteiger charge is -2.09. The van der Waals surface area contributed by atoms with Crippen LogP contribution in [0, 0.1) is 11.7 Å². The van der Waals surface area contributed by atoms with Gasteiger partial charge in [-0.25, -0.2) is 9.18 Å². The van der Waals surface area contributed by atoms with Crippen molar-refractivity contribution in [3.8, 4) is 17.0 Å². The molecule has 1 aliphatic rings. The molecule has 0 atom stereocenters. The molecular weight excluding hydrogens is 411 g/mol. The molecule has 0 spiro atoms. The Hall–Kier alpha value is -3.68. The number of carbonyl (C=O) groups is 2. The molecule has 0 bridgehead atoms. The molecule has 1 aliphatic carbocycles. The molecule has 1 fully saturated rings. The van der Waals surface area contributed by atoms with Gasteiger partial charge in [-0.2, -0.15) is 9.78 Å². The van der Waals surface area contributed by atoms with Gasteiger partial charge in [-0.3, -0.25) is 4.79 Å². The Balaban J connectivity index is 1.56. The second-order valence-corrected chi connectivity index (χ2v) is 8.27. The van der Waals surface area contributed by atoms with E-state index in [1.165, 1.54) is 16.8 Å². The number of phenols is 1. The topological polar surface area (TPSA) is 96.3 Å². The van der Waals surface area contributed by atoms with E-state index in [-0.39, 0.29) is 35.9 Å². The van der Waals surface area contributed by atoms with Crippen molar-refractivity contribution in [2.24, 2.45) is 5.92 Å². The number of aromatic hydroxyl groups is 1. The Morgan fingerprint density at radius 2 is 1.94 bits per heavy atom. The summed E-state index contributed by atoms with van der Waals surface area (Å²) in [7, 11) is 0. The van der Waals surface area contributed by atoms with E-state index in [0.717, 1.165) is 18.5 Å². The van der Waals surface area contributed by atoms with Crippen molar-refractivity contribution < 1.29 is 19.1 Å². The highest BCUT2D eigenvalue weighted by Crippen LogP contribution is 2.42. The Kier molecular flexibility index (Phi) is 5.94. The van der Waals surface area contributed by atoms with Gasteiger partial charge in [0.05, 0.1) is 11.4 Å². The van der Waals surface area contributed by atoms with Gasteiger partial charge < -0.3 is 15.7 Å². The van der Waals surface area contributed by atoms with Gasteiger partial charge in [0.25, 0.3) is 0 Å². The summed E-state index contributed by atoms with van der Waals surface area (Å²) in [6.07, 6.45) is 1.91. The van der Waals surface area contributed by atoms with E-state index in [2.05, 4.69) is 15.7 Å². The zero-order valence-electron chi connectivity index (χ0n) is 17.9. The molecule has 32 heavy (non-hydrogen) atoms. The summed E-state index contributed by atoms with van der Waals surface area (Å²) in [6.45, 7) is 3.61. The van der Waals surface area contributed by atoms with Gasteiger partial charge >= 0.3 is 6.03 Å². The van der Waals surface area contributed by atoms with E-state index >= 15 is 0 Å². The number of aromatic nitrogens is 2. The molecule has 1 heterocycles. The zero-order valence-corrected chi connectivity index (χ0v) is 17.9. The second-order valence-electron chi connectivity index (χ2n) is 8.27. The number of phenolic OH excluding ortho intramolecular Hbond substituents is 1. The van der Waals surface area contributed by atoms with Crippen LogP contribution >= 0.6 is 0 Å². The highest BCUT2D eigenvalue weighted by molar-refractivity contribution is 5.92. The highest BCUT2D eigenvalue weighted by Gasteiger charge is 2.30. The van der Waals surface area contributed by atoms with Crippen molar-refractivity contribution >= 4 is 17.6 Å². The molecule has 3 aromatic rings. The highest BCUT2D eigenvalue weighted by atomic mass is 19.1. The average Bonchev–Trinajstić information content (AvgIpc) is 3.51. The van der Waals surface area contributed by atoms with E-state index < -0.39 is 6.03 Å². The SMILES string of the molecule is CC(C)C(=O)Nc1ccc(-c2cc(C3CC3)n(C(=O)NCc3ccccc3F)n2)c(O)c1. The van der Waals surface area contributed by atoms with Gasteiger partial charge in [0.15, 0.2) is 0 Å². The number of nitrogens with zero attached hydrogens (tertiary/aromatic N) is 2. The second kappa shape index (κ2) is 8.82. The molecule has 0 aliphatic heterocycles. The first-order valence-corrected chi connectivity index (χ1v) is 10.6. The fourth-order valence-electron chi connectivity index (χ4n) is 3.36. The lowest BCUT2D eigenvalue weighted by Crippen LogP contribution is -2.30. The number of halogens is 1. The number of carbonyl (C=O) groups excluding carboxylic acids is 2. The third-order valence-corrected chi connectivity index (χ3v) is 5.38. The van der Waals surface area contributed by atoms with Gasteiger partial charge in [-0.15, -0.1) is 0 Å². The van der Waals surface area contributed by atoms with Crippen molar-refractivity contribution in [1.29, 1.82) is 0 Å². The van der Waals surface area contributed by atoms with Crippen molar-refractivity contribution in [3.63, 3.8) is 0 Å². The predicted octanol–water partition coefficient (Wildman–Crippen LogP) is 4.62. The third-order valence-electron chi connectivity index (χ3n) is 5.38. The lowest BCUT2D eigenvalue weighted by atomic mass is 10.1. The Morgan fingerprint density at radius 3 is 2.59 bits per heavy atom. The number of benzene rings is 2. The zero-order chi connectivity index (χ0) is 22.8. The summed E-state index contributed by atoms with van der Waals surface area (Å²) in [5.74, 6) is -0.543. The molecule has 7 nitrogen and oxygen atoms in total. The van der Waals surface area contributed by atoms with Crippen molar-refractivity contribution in [1.82, 2.24) is 15.1 Å². The van der Waals surface area contributed by atoms with Crippen LogP contribution in [0.15, 0.2) is 48.5 Å². The van der Waals surface area contributed by atoms with Crippen LogP contribution < -0.4 is 10.6 Å². The monoisotopic (exact) mass is 436 g/mol. The fourth-order valence-corrected chi connectivity index (χ4v) is 3.36. The molecule has 1 saturated carbocycles. The largest absolute Gasteiger partial charge is 0.507 e. The van der Waals surface area contributed by atoms with Crippen LogP contribution in [0.2, 0.25) is 0 Å². The van der Waals surface area contributed by atoms with Crippen LogP contribution in [-0.4, -0.2) is 26.8 Å². The molecule has 0 saturated heterocycles. The molecule has 166 valence electrons. The first-order chi connectivity index (χ1) is 15.3. The summed E-state index contributed by atoms with van der Waals surface area (Å²) < 4.78 is 15.2. The number of nitrogens with one attached hydrogen (secondary N) is 2. The third kappa shape index (κ3) is 4.64. The van der Waals surface area contributed by atoms with E-state index in [4.69, 9.17) is 0 Å². The van der Waals surface area contributed by atoms with E-state index in [9.17, 15) is 19.1 Å². The Labute approximate surface area is 185 Å². The van der Waals surface area contributed by atoms with Crippen LogP contribution in [0.25, 0.3) is 11.3 Å². The summed E-state index contributed by atoms with van der Waals surface area (Å²) >= 11 is 0. The smallest absolute Gasteiger partial charge is 0.342 e. The van der Waals surface area contributed by atoms with Crippen LogP contribution in [0.4, 0.5) is 14.9 Å². The summed E-state index contributed by atoms with van der Waals surface area (Å²) in [5, 5.41) is 20.4. The van der Waals surface area contributed by atoms with E-state index in [1.54, 1.807) is 50.2 Å². The fraction of sp³-hybridized carbons (Fsp3) is 0.292. The molecule has 8 heteroatoms. The minimum Gasteiger partial charge on any atom is -0.507 e. The van der Waals surface area contributed by atoms with Crippen LogP contribution in [0.3, 0.4) is 0 Å². The molecular formula is C24H25FN4O3. The number of anilines is 1. The van der Waals surface area contributed by atoms with Crippen LogP contribution in [0.5, 0.6) is 5.75 Å². The van der Waals surface area contributed by atoms with Crippen molar-refractivity contribution in [2.75, 3.05) is 5.32 Å². The van der Waals surface area contributed by atoms with Gasteiger partial charge in [0.1, 0.15) is 11.6 Å². The normalized spacial score (nSPS) is 13.2. The standard InChI is InChI=1S/C24H25FN4O3/c1-14(2)23(31)27-17-9-10-18(22(30)11-17)20-12-21(15-7-8-15)29(28-20)24(32)26-13-16-5-3-4-6-19(16)25/h3-6,9-12,14-15,30H,7-8,13H2,1-2H3,(H,26,32)(H,27,31). The van der Waals surface area contributed by atoms with E-state index in [0.29, 0.717) is 22.5 Å². The minimum absolute atomic E-state index is 0.0420. The van der Waals surface area contributed by atoms with Gasteiger partial charge in [0, 0.05) is 41.3 Å². The number of hydrogen-bond donors (Lipinski definition) is 3. The van der Waals surface area contributed by atoms with Gasteiger partial charge in [-0.05, 0) is 37.1 Å². The van der Waals surface area contributed by atoms with Gasteiger partial charge in [-0.1, -0.05) is 32.0 Å². The van der Waals surface area contributed by atoms with E-state index in [1.807, 2.05) is 0 Å². The first kappa shape index (κ1) is 21.5. The molecule has 4 rings (SSSR count). The molecule has 3 N–H and O–H groups in total. The summed E-state index contributed by atoms with van der Waals surface area (Å²) in [4.78, 5) is 24.7. The maximum atomic E-state index is 13.9. The molecule has 0 unspecified atom stereocenters. The molecule has 2 aromatic carbocycles. The maximum absolute atomic E-state index is 13.9. The summed E-state index contributed by atoms with van der Waals surface area (Å²) in [5.41, 5.74) is 2.53.